The molecule has 0 bridgehead atoms. The molecule has 1 aromatic heterocycles. The smallest absolute Gasteiger partial charge is 0.129 e. The molecule has 0 saturated heterocycles. The Labute approximate surface area is 88.9 Å². The van der Waals surface area contributed by atoms with E-state index in [0.29, 0.717) is 23.8 Å². The van der Waals surface area contributed by atoms with Crippen LogP contribution in [0.15, 0.2) is 12.1 Å². The molecule has 3 nitrogen and oxygen atoms in total. The van der Waals surface area contributed by atoms with Crippen LogP contribution in [0.25, 0.3) is 0 Å². The first-order valence-electron chi connectivity index (χ1n) is 4.19. The molecule has 74 valence electrons. The van der Waals surface area contributed by atoms with Crippen LogP contribution in [0.4, 0.5) is 5.82 Å². The van der Waals surface area contributed by atoms with Gasteiger partial charge in [0.2, 0.25) is 0 Å². The molecule has 0 aliphatic rings. The van der Waals surface area contributed by atoms with E-state index in [-0.39, 0.29) is 0 Å². The van der Waals surface area contributed by atoms with Crippen molar-refractivity contribution in [2.75, 3.05) is 18.5 Å². The predicted octanol–water partition coefficient (Wildman–Crippen LogP) is 1.26. The summed E-state index contributed by atoms with van der Waals surface area (Å²) in [6.07, 6.45) is 5.20. The maximum absolute atomic E-state index is 5.88. The lowest BCUT2D eigenvalue weighted by Crippen LogP contribution is -2.19. The van der Waals surface area contributed by atoms with E-state index in [1.165, 1.54) is 0 Å². The molecular formula is C10H12ClN3. The number of nitrogens with zero attached hydrogens (tertiary/aromatic N) is 2. The van der Waals surface area contributed by atoms with E-state index in [9.17, 15) is 0 Å². The Hall–Kier alpha value is -1.24. The van der Waals surface area contributed by atoms with Crippen molar-refractivity contribution in [3.8, 4) is 12.3 Å². The minimum Gasteiger partial charge on any atom is -0.349 e. The summed E-state index contributed by atoms with van der Waals surface area (Å²) < 4.78 is 0. The molecule has 1 rings (SSSR count). The lowest BCUT2D eigenvalue weighted by Gasteiger charge is -2.15. The molecule has 0 saturated carbocycles. The number of rotatable bonds is 3. The number of aromatic nitrogens is 1. The molecule has 0 aromatic carbocycles. The average Bonchev–Trinajstić information content (AvgIpc) is 2.19. The number of halogens is 1. The van der Waals surface area contributed by atoms with Gasteiger partial charge in [-0.15, -0.1) is 6.42 Å². The van der Waals surface area contributed by atoms with E-state index >= 15 is 0 Å². The van der Waals surface area contributed by atoms with Crippen molar-refractivity contribution >= 4 is 17.4 Å². The lowest BCUT2D eigenvalue weighted by molar-refractivity contribution is 0.943. The van der Waals surface area contributed by atoms with Crippen LogP contribution in [-0.4, -0.2) is 18.6 Å². The fourth-order valence-corrected chi connectivity index (χ4v) is 1.23. The zero-order chi connectivity index (χ0) is 10.6. The number of hydrogen-bond donors (Lipinski definition) is 1. The average molecular weight is 210 g/mol. The Kier molecular flexibility index (Phi) is 3.75. The van der Waals surface area contributed by atoms with Crippen LogP contribution in [0, 0.1) is 12.3 Å². The molecule has 0 aliphatic carbocycles. The maximum atomic E-state index is 5.88. The summed E-state index contributed by atoms with van der Waals surface area (Å²) in [5.41, 5.74) is 6.18. The first kappa shape index (κ1) is 10.8. The van der Waals surface area contributed by atoms with Gasteiger partial charge in [-0.25, -0.2) is 4.98 Å². The maximum Gasteiger partial charge on any atom is 0.129 e. The Morgan fingerprint density at radius 3 is 2.93 bits per heavy atom. The molecule has 1 aromatic rings. The van der Waals surface area contributed by atoms with Crippen molar-refractivity contribution in [2.45, 2.75) is 6.54 Å². The van der Waals surface area contributed by atoms with Crippen molar-refractivity contribution in [3.05, 3.63) is 22.8 Å². The molecule has 0 fully saturated rings. The monoisotopic (exact) mass is 209 g/mol. The van der Waals surface area contributed by atoms with Crippen molar-refractivity contribution in [1.29, 1.82) is 0 Å². The van der Waals surface area contributed by atoms with Crippen molar-refractivity contribution < 1.29 is 0 Å². The van der Waals surface area contributed by atoms with Gasteiger partial charge in [0, 0.05) is 13.6 Å². The highest BCUT2D eigenvalue weighted by Crippen LogP contribution is 2.17. The number of hydrogen-bond acceptors (Lipinski definition) is 3. The Morgan fingerprint density at radius 2 is 2.36 bits per heavy atom. The summed E-state index contributed by atoms with van der Waals surface area (Å²) >= 11 is 5.88. The SMILES string of the molecule is C#CCN(C)c1ccc(Cl)c(CN)n1. The third-order valence-corrected chi connectivity index (χ3v) is 2.16. The minimum atomic E-state index is 0.330. The van der Waals surface area contributed by atoms with E-state index in [0.717, 1.165) is 5.82 Å². The van der Waals surface area contributed by atoms with Gasteiger partial charge in [0.15, 0.2) is 0 Å². The van der Waals surface area contributed by atoms with Gasteiger partial charge in [-0.3, -0.25) is 0 Å². The van der Waals surface area contributed by atoms with Crippen LogP contribution in [0.2, 0.25) is 5.02 Å². The highest BCUT2D eigenvalue weighted by Gasteiger charge is 2.04. The number of nitrogens with two attached hydrogens (primary N) is 1. The van der Waals surface area contributed by atoms with Gasteiger partial charge >= 0.3 is 0 Å². The van der Waals surface area contributed by atoms with Gasteiger partial charge in [0.05, 0.1) is 17.3 Å². The van der Waals surface area contributed by atoms with Crippen LogP contribution in [0.1, 0.15) is 5.69 Å². The molecule has 0 radical (unpaired) electrons. The normalized spacial score (nSPS) is 9.57. The van der Waals surface area contributed by atoms with E-state index in [4.69, 9.17) is 23.8 Å². The number of terminal acetylenes is 1. The Morgan fingerprint density at radius 1 is 1.64 bits per heavy atom. The van der Waals surface area contributed by atoms with Crippen LogP contribution in [-0.2, 0) is 6.54 Å². The van der Waals surface area contributed by atoms with Crippen molar-refractivity contribution in [2.24, 2.45) is 5.73 Å². The molecule has 4 heteroatoms. The minimum absolute atomic E-state index is 0.330. The largest absolute Gasteiger partial charge is 0.349 e. The zero-order valence-corrected chi connectivity index (χ0v) is 8.75. The van der Waals surface area contributed by atoms with Gasteiger partial charge in [-0.2, -0.15) is 0 Å². The lowest BCUT2D eigenvalue weighted by atomic mass is 10.3. The summed E-state index contributed by atoms with van der Waals surface area (Å²) in [5.74, 6) is 3.32. The van der Waals surface area contributed by atoms with Crippen molar-refractivity contribution in [1.82, 2.24) is 4.98 Å². The molecule has 0 spiro atoms. The van der Waals surface area contributed by atoms with Crippen LogP contribution in [0.5, 0.6) is 0 Å². The molecule has 2 N–H and O–H groups in total. The van der Waals surface area contributed by atoms with Crippen molar-refractivity contribution in [3.63, 3.8) is 0 Å². The summed E-state index contributed by atoms with van der Waals surface area (Å²) in [6, 6.07) is 3.60. The number of pyridine rings is 1. The second kappa shape index (κ2) is 4.85. The summed E-state index contributed by atoms with van der Waals surface area (Å²) in [6.45, 7) is 0.842. The molecule has 0 aliphatic heterocycles. The molecular weight excluding hydrogens is 198 g/mol. The zero-order valence-electron chi connectivity index (χ0n) is 8.00. The third kappa shape index (κ3) is 2.38. The molecule has 0 amide bonds. The van der Waals surface area contributed by atoms with Gasteiger partial charge in [-0.05, 0) is 12.1 Å². The van der Waals surface area contributed by atoms with E-state index in [1.807, 2.05) is 18.0 Å². The predicted molar refractivity (Wildman–Crippen MR) is 59.2 cm³/mol. The van der Waals surface area contributed by atoms with Gasteiger partial charge in [0.1, 0.15) is 5.82 Å². The highest BCUT2D eigenvalue weighted by molar-refractivity contribution is 6.31. The fourth-order valence-electron chi connectivity index (χ4n) is 1.05. The first-order valence-corrected chi connectivity index (χ1v) is 4.57. The van der Waals surface area contributed by atoms with E-state index in [1.54, 1.807) is 6.07 Å². The number of anilines is 1. The Balaban J connectivity index is 2.95. The molecule has 0 unspecified atom stereocenters. The van der Waals surface area contributed by atoms with Gasteiger partial charge in [-0.1, -0.05) is 17.5 Å². The van der Waals surface area contributed by atoms with Crippen LogP contribution >= 0.6 is 11.6 Å². The Bertz CT molecular complexity index is 357. The van der Waals surface area contributed by atoms with Gasteiger partial charge < -0.3 is 10.6 Å². The molecule has 14 heavy (non-hydrogen) atoms. The van der Waals surface area contributed by atoms with Crippen LogP contribution in [0.3, 0.4) is 0 Å². The summed E-state index contributed by atoms with van der Waals surface area (Å²) in [7, 11) is 1.87. The second-order valence-corrected chi connectivity index (χ2v) is 3.27. The quantitative estimate of drug-likeness (QED) is 0.763. The molecule has 1 heterocycles. The highest BCUT2D eigenvalue weighted by atomic mass is 35.5. The topological polar surface area (TPSA) is 42.1 Å². The van der Waals surface area contributed by atoms with Gasteiger partial charge in [0.25, 0.3) is 0 Å². The van der Waals surface area contributed by atoms with E-state index < -0.39 is 0 Å². The van der Waals surface area contributed by atoms with Crippen LogP contribution < -0.4 is 10.6 Å². The third-order valence-electron chi connectivity index (χ3n) is 1.82. The molecule has 0 atom stereocenters. The second-order valence-electron chi connectivity index (χ2n) is 2.86. The standard InChI is InChI=1S/C10H12ClN3/c1-3-6-14(2)10-5-4-8(11)9(7-12)13-10/h1,4-5H,6-7,12H2,2H3. The fraction of sp³-hybridized carbons (Fsp3) is 0.300. The van der Waals surface area contributed by atoms with E-state index in [2.05, 4.69) is 10.9 Å². The first-order chi connectivity index (χ1) is 6.69. The summed E-state index contributed by atoms with van der Waals surface area (Å²) in [4.78, 5) is 6.14. The summed E-state index contributed by atoms with van der Waals surface area (Å²) in [5, 5.41) is 0.588.